The highest BCUT2D eigenvalue weighted by molar-refractivity contribution is 6.30. The summed E-state index contributed by atoms with van der Waals surface area (Å²) in [6.07, 6.45) is 2.02. The highest BCUT2D eigenvalue weighted by Crippen LogP contribution is 2.33. The molecule has 2 N–H and O–H groups in total. The quantitative estimate of drug-likeness (QED) is 0.175. The Morgan fingerprint density at radius 1 is 0.881 bits per heavy atom. The van der Waals surface area contributed by atoms with E-state index in [2.05, 4.69) is 5.32 Å². The van der Waals surface area contributed by atoms with Gasteiger partial charge < -0.3 is 20.1 Å². The van der Waals surface area contributed by atoms with Crippen LogP contribution in [0.5, 0.6) is 5.75 Å². The van der Waals surface area contributed by atoms with Gasteiger partial charge in [-0.05, 0) is 66.9 Å². The van der Waals surface area contributed by atoms with E-state index in [0.29, 0.717) is 40.7 Å². The molecule has 1 unspecified atom stereocenters. The number of carbonyl (C=O) groups excluding carboxylic acids is 2. The van der Waals surface area contributed by atoms with Gasteiger partial charge in [-0.1, -0.05) is 66.2 Å². The standard InChI is InChI=1S/C34H31ClN2O5/c35-26-14-16-27(17-15-26)37(33(39)25-12-13-25)20-21-42-28-18-10-23(11-19-28)22-31(34(40)41)36-30-9-5-4-8-29(30)32(38)24-6-2-1-3-7-24/h1-11,14-19,25,31,36H,12-13,20-22H2,(H,40,41). The zero-order valence-corrected chi connectivity index (χ0v) is 23.7. The number of benzene rings is 4. The van der Waals surface area contributed by atoms with E-state index in [-0.39, 0.29) is 24.0 Å². The highest BCUT2D eigenvalue weighted by Gasteiger charge is 2.34. The largest absolute Gasteiger partial charge is 0.492 e. The first kappa shape index (κ1) is 28.9. The van der Waals surface area contributed by atoms with Gasteiger partial charge in [-0.2, -0.15) is 0 Å². The van der Waals surface area contributed by atoms with Crippen LogP contribution in [0.2, 0.25) is 5.02 Å². The molecular weight excluding hydrogens is 552 g/mol. The zero-order valence-electron chi connectivity index (χ0n) is 22.9. The minimum atomic E-state index is -1.03. The predicted molar refractivity (Wildman–Crippen MR) is 164 cm³/mol. The lowest BCUT2D eigenvalue weighted by atomic mass is 10.00. The molecule has 1 fully saturated rings. The summed E-state index contributed by atoms with van der Waals surface area (Å²) in [5, 5.41) is 13.6. The smallest absolute Gasteiger partial charge is 0.326 e. The molecule has 8 heteroatoms. The van der Waals surface area contributed by atoms with Gasteiger partial charge in [0.05, 0.1) is 6.54 Å². The van der Waals surface area contributed by atoms with Crippen molar-refractivity contribution < 1.29 is 24.2 Å². The van der Waals surface area contributed by atoms with E-state index in [9.17, 15) is 19.5 Å². The van der Waals surface area contributed by atoms with Crippen LogP contribution in [0.1, 0.15) is 34.3 Å². The first-order chi connectivity index (χ1) is 20.4. The molecule has 0 heterocycles. The molecule has 1 aliphatic carbocycles. The number of halogens is 1. The van der Waals surface area contributed by atoms with E-state index in [0.717, 1.165) is 24.1 Å². The van der Waals surface area contributed by atoms with Crippen molar-refractivity contribution >= 4 is 40.6 Å². The van der Waals surface area contributed by atoms with Gasteiger partial charge in [0.2, 0.25) is 5.91 Å². The number of rotatable bonds is 13. The summed E-state index contributed by atoms with van der Waals surface area (Å²) < 4.78 is 5.93. The molecule has 5 rings (SSSR count). The van der Waals surface area contributed by atoms with Gasteiger partial charge in [0.25, 0.3) is 0 Å². The molecular formula is C34H31ClN2O5. The Bertz CT molecular complexity index is 1540. The van der Waals surface area contributed by atoms with Gasteiger partial charge in [-0.15, -0.1) is 0 Å². The number of ketones is 1. The molecule has 42 heavy (non-hydrogen) atoms. The van der Waals surface area contributed by atoms with Crippen molar-refractivity contribution in [1.82, 2.24) is 0 Å². The van der Waals surface area contributed by atoms with Gasteiger partial charge >= 0.3 is 5.97 Å². The summed E-state index contributed by atoms with van der Waals surface area (Å²) in [7, 11) is 0. The fourth-order valence-electron chi connectivity index (χ4n) is 4.69. The molecule has 1 aliphatic rings. The zero-order chi connectivity index (χ0) is 29.5. The van der Waals surface area contributed by atoms with Gasteiger partial charge in [0.1, 0.15) is 18.4 Å². The number of nitrogens with one attached hydrogen (secondary N) is 1. The monoisotopic (exact) mass is 582 g/mol. The Morgan fingerprint density at radius 3 is 2.21 bits per heavy atom. The second-order valence-electron chi connectivity index (χ2n) is 10.2. The molecule has 0 bridgehead atoms. The van der Waals surface area contributed by atoms with Crippen LogP contribution in [0.4, 0.5) is 11.4 Å². The molecule has 0 aliphatic heterocycles. The van der Waals surface area contributed by atoms with E-state index in [1.54, 1.807) is 77.7 Å². The Hall–Kier alpha value is -4.62. The lowest BCUT2D eigenvalue weighted by Gasteiger charge is -2.23. The van der Waals surface area contributed by atoms with Crippen LogP contribution in [0, 0.1) is 5.92 Å². The highest BCUT2D eigenvalue weighted by atomic mass is 35.5. The molecule has 4 aromatic carbocycles. The molecule has 1 atom stereocenters. The molecule has 0 saturated heterocycles. The maximum absolute atomic E-state index is 13.1. The fraction of sp³-hybridized carbons (Fsp3) is 0.206. The average Bonchev–Trinajstić information content (AvgIpc) is 3.86. The van der Waals surface area contributed by atoms with Crippen LogP contribution in [-0.4, -0.2) is 42.0 Å². The van der Waals surface area contributed by atoms with Gasteiger partial charge in [-0.3, -0.25) is 9.59 Å². The number of amides is 1. The SMILES string of the molecule is O=C(c1ccccc1)c1ccccc1NC(Cc1ccc(OCCN(C(=O)C2CC2)c2ccc(Cl)cc2)cc1)C(=O)O. The van der Waals surface area contributed by atoms with Crippen LogP contribution in [0.25, 0.3) is 0 Å². The minimum absolute atomic E-state index is 0.0687. The number of carbonyl (C=O) groups is 3. The minimum Gasteiger partial charge on any atom is -0.492 e. The van der Waals surface area contributed by atoms with Crippen molar-refractivity contribution in [2.24, 2.45) is 5.92 Å². The number of aliphatic carboxylic acids is 1. The number of hydrogen-bond acceptors (Lipinski definition) is 5. The number of anilines is 2. The van der Waals surface area contributed by atoms with Crippen molar-refractivity contribution in [2.75, 3.05) is 23.4 Å². The van der Waals surface area contributed by atoms with Gasteiger partial charge in [-0.25, -0.2) is 4.79 Å². The number of nitrogens with zero attached hydrogens (tertiary/aromatic N) is 1. The Morgan fingerprint density at radius 2 is 1.55 bits per heavy atom. The number of para-hydroxylation sites is 1. The Labute approximate surface area is 249 Å². The maximum atomic E-state index is 13.1. The van der Waals surface area contributed by atoms with E-state index >= 15 is 0 Å². The van der Waals surface area contributed by atoms with Crippen molar-refractivity contribution in [2.45, 2.75) is 25.3 Å². The van der Waals surface area contributed by atoms with E-state index in [4.69, 9.17) is 16.3 Å². The third-order valence-electron chi connectivity index (χ3n) is 7.11. The van der Waals surface area contributed by atoms with Crippen LogP contribution >= 0.6 is 11.6 Å². The van der Waals surface area contributed by atoms with Crippen molar-refractivity contribution in [3.63, 3.8) is 0 Å². The van der Waals surface area contributed by atoms with E-state index in [1.807, 2.05) is 30.3 Å². The van der Waals surface area contributed by atoms with Gasteiger partial charge in [0.15, 0.2) is 5.78 Å². The summed E-state index contributed by atoms with van der Waals surface area (Å²) in [5.41, 5.74) is 2.98. The first-order valence-corrected chi connectivity index (χ1v) is 14.2. The van der Waals surface area contributed by atoms with Crippen LogP contribution in [0.3, 0.4) is 0 Å². The molecule has 1 saturated carbocycles. The number of carboxylic acid groups (broad SMARTS) is 1. The number of carboxylic acids is 1. The van der Waals surface area contributed by atoms with Crippen LogP contribution in [-0.2, 0) is 16.0 Å². The molecule has 4 aromatic rings. The first-order valence-electron chi connectivity index (χ1n) is 13.9. The summed E-state index contributed by atoms with van der Waals surface area (Å²) in [4.78, 5) is 39.8. The summed E-state index contributed by atoms with van der Waals surface area (Å²) in [5.74, 6) is -0.431. The number of hydrogen-bond donors (Lipinski definition) is 2. The Balaban J connectivity index is 1.20. The van der Waals surface area contributed by atoms with Crippen molar-refractivity contribution in [3.8, 4) is 5.75 Å². The lowest BCUT2D eigenvalue weighted by Crippen LogP contribution is -2.35. The van der Waals surface area contributed by atoms with Crippen LogP contribution in [0.15, 0.2) is 103 Å². The van der Waals surface area contributed by atoms with Crippen molar-refractivity contribution in [3.05, 3.63) is 125 Å². The molecule has 1 amide bonds. The fourth-order valence-corrected chi connectivity index (χ4v) is 4.82. The van der Waals surface area contributed by atoms with Crippen LogP contribution < -0.4 is 15.0 Å². The van der Waals surface area contributed by atoms with E-state index in [1.165, 1.54) is 0 Å². The van der Waals surface area contributed by atoms with E-state index < -0.39 is 12.0 Å². The molecule has 0 aromatic heterocycles. The topological polar surface area (TPSA) is 95.9 Å². The predicted octanol–water partition coefficient (Wildman–Crippen LogP) is 6.50. The van der Waals surface area contributed by atoms with Gasteiger partial charge in [0, 0.05) is 39.9 Å². The summed E-state index contributed by atoms with van der Waals surface area (Å²) >= 11 is 6.02. The molecule has 214 valence electrons. The second-order valence-corrected chi connectivity index (χ2v) is 10.6. The summed E-state index contributed by atoms with van der Waals surface area (Å²) in [6, 6.07) is 29.3. The second kappa shape index (κ2) is 13.4. The van der Waals surface area contributed by atoms with Crippen molar-refractivity contribution in [1.29, 1.82) is 0 Å². The normalized spacial score (nSPS) is 13.2. The summed E-state index contributed by atoms with van der Waals surface area (Å²) in [6.45, 7) is 0.691. The lowest BCUT2D eigenvalue weighted by molar-refractivity contribution is -0.137. The Kier molecular flexibility index (Phi) is 9.19. The maximum Gasteiger partial charge on any atom is 0.326 e. The molecule has 0 radical (unpaired) electrons. The third-order valence-corrected chi connectivity index (χ3v) is 7.37. The molecule has 7 nitrogen and oxygen atoms in total. The number of ether oxygens (including phenoxy) is 1. The average molecular weight is 583 g/mol. The molecule has 0 spiro atoms. The third kappa shape index (κ3) is 7.36.